The molecule has 0 aromatic rings. The lowest BCUT2D eigenvalue weighted by atomic mass is 10.3. The van der Waals surface area contributed by atoms with E-state index in [1.807, 2.05) is 0 Å². The van der Waals surface area contributed by atoms with Crippen molar-refractivity contribution in [3.05, 3.63) is 0 Å². The molecule has 1 atom stereocenters. The van der Waals surface area contributed by atoms with Crippen LogP contribution in [-0.2, 0) is 23.9 Å². The summed E-state index contributed by atoms with van der Waals surface area (Å²) >= 11 is 5.09. The zero-order chi connectivity index (χ0) is 21.4. The van der Waals surface area contributed by atoms with Crippen molar-refractivity contribution in [3.63, 3.8) is 0 Å². The molecule has 28 heavy (non-hydrogen) atoms. The predicted octanol–water partition coefficient (Wildman–Crippen LogP) is -0.668. The minimum absolute atomic E-state index is 0.00232. The molecular formula is C17H32N4O6S. The smallest absolute Gasteiger partial charge is 0.326 e. The van der Waals surface area contributed by atoms with Crippen LogP contribution in [0, 0.1) is 0 Å². The number of nitrogens with zero attached hydrogens (tertiary/aromatic N) is 1. The molecular weight excluding hydrogens is 388 g/mol. The average molecular weight is 421 g/mol. The maximum absolute atomic E-state index is 11.8. The Morgan fingerprint density at radius 3 is 2.18 bits per heavy atom. The van der Waals surface area contributed by atoms with E-state index in [0.29, 0.717) is 51.0 Å². The van der Waals surface area contributed by atoms with Crippen LogP contribution in [0.4, 0.5) is 0 Å². The van der Waals surface area contributed by atoms with E-state index in [0.717, 1.165) is 0 Å². The lowest BCUT2D eigenvalue weighted by Gasteiger charge is -2.21. The summed E-state index contributed by atoms with van der Waals surface area (Å²) in [7, 11) is 1.46. The highest BCUT2D eigenvalue weighted by Gasteiger charge is 2.20. The van der Waals surface area contributed by atoms with Gasteiger partial charge in [-0.05, 0) is 19.1 Å². The molecule has 0 radical (unpaired) electrons. The molecule has 0 bridgehead atoms. The summed E-state index contributed by atoms with van der Waals surface area (Å²) in [6, 6.07) is -0.862. The number of carbonyl (C=O) groups is 3. The van der Waals surface area contributed by atoms with Crippen molar-refractivity contribution in [2.75, 3.05) is 53.1 Å². The summed E-state index contributed by atoms with van der Waals surface area (Å²) < 4.78 is 10.7. The standard InChI is InChI=1S/C17H32N4O6S/c1-4-14(22)18-6-7-19-17(28)20-8-10-27-12-11-26-9-5-15(23)21(3)13(2)16(24)25/h13H,4-12H2,1-3H3,(H,18,22)(H,24,25)(H2,19,20,28). The molecule has 0 spiro atoms. The molecule has 1 unspecified atom stereocenters. The number of hydrogen-bond acceptors (Lipinski definition) is 6. The van der Waals surface area contributed by atoms with Gasteiger partial charge in [0.05, 0.1) is 32.8 Å². The molecule has 0 rings (SSSR count). The Balaban J connectivity index is 3.50. The van der Waals surface area contributed by atoms with Crippen LogP contribution < -0.4 is 16.0 Å². The molecule has 0 aliphatic carbocycles. The number of carboxylic acids is 1. The van der Waals surface area contributed by atoms with Gasteiger partial charge >= 0.3 is 5.97 Å². The zero-order valence-corrected chi connectivity index (χ0v) is 17.6. The highest BCUT2D eigenvalue weighted by molar-refractivity contribution is 7.80. The number of rotatable bonds is 15. The molecule has 0 aromatic carbocycles. The number of amides is 2. The van der Waals surface area contributed by atoms with Crippen LogP contribution in [-0.4, -0.2) is 92.1 Å². The third-order valence-electron chi connectivity index (χ3n) is 3.75. The normalized spacial score (nSPS) is 11.4. The van der Waals surface area contributed by atoms with E-state index in [-0.39, 0.29) is 24.8 Å². The number of nitrogens with one attached hydrogen (secondary N) is 3. The fraction of sp³-hybridized carbons (Fsp3) is 0.765. The average Bonchev–Trinajstić information content (AvgIpc) is 2.68. The largest absolute Gasteiger partial charge is 0.480 e. The van der Waals surface area contributed by atoms with E-state index in [1.54, 1.807) is 6.92 Å². The highest BCUT2D eigenvalue weighted by Crippen LogP contribution is 1.99. The van der Waals surface area contributed by atoms with Gasteiger partial charge in [0.15, 0.2) is 5.11 Å². The number of carbonyl (C=O) groups excluding carboxylic acids is 2. The molecule has 0 heterocycles. The van der Waals surface area contributed by atoms with Crippen molar-refractivity contribution in [1.82, 2.24) is 20.9 Å². The quantitative estimate of drug-likeness (QED) is 0.201. The van der Waals surface area contributed by atoms with E-state index >= 15 is 0 Å². The molecule has 0 saturated heterocycles. The number of aliphatic carboxylic acids is 1. The van der Waals surface area contributed by atoms with Gasteiger partial charge < -0.3 is 35.4 Å². The van der Waals surface area contributed by atoms with Gasteiger partial charge in [0.1, 0.15) is 6.04 Å². The Morgan fingerprint density at radius 1 is 1.00 bits per heavy atom. The summed E-state index contributed by atoms with van der Waals surface area (Å²) in [5.41, 5.74) is 0. The third kappa shape index (κ3) is 13.2. The van der Waals surface area contributed by atoms with Crippen LogP contribution in [0.1, 0.15) is 26.7 Å². The molecule has 0 fully saturated rings. The summed E-state index contributed by atoms with van der Waals surface area (Å²) in [6.45, 7) is 6.20. The molecule has 0 aliphatic rings. The summed E-state index contributed by atoms with van der Waals surface area (Å²) in [5.74, 6) is -1.32. The number of thiocarbonyl (C=S) groups is 1. The fourth-order valence-electron chi connectivity index (χ4n) is 1.84. The molecule has 11 heteroatoms. The highest BCUT2D eigenvalue weighted by atomic mass is 32.1. The first-order chi connectivity index (χ1) is 13.3. The molecule has 0 aromatic heterocycles. The van der Waals surface area contributed by atoms with E-state index in [1.165, 1.54) is 18.9 Å². The van der Waals surface area contributed by atoms with Crippen LogP contribution in [0.3, 0.4) is 0 Å². The summed E-state index contributed by atoms with van der Waals surface area (Å²) in [6.07, 6.45) is 0.579. The molecule has 10 nitrogen and oxygen atoms in total. The van der Waals surface area contributed by atoms with Gasteiger partial charge in [-0.3, -0.25) is 9.59 Å². The number of ether oxygens (including phenoxy) is 2. The van der Waals surface area contributed by atoms with E-state index in [2.05, 4.69) is 16.0 Å². The van der Waals surface area contributed by atoms with Gasteiger partial charge in [0.2, 0.25) is 11.8 Å². The second kappa shape index (κ2) is 16.0. The third-order valence-corrected chi connectivity index (χ3v) is 4.04. The predicted molar refractivity (Wildman–Crippen MR) is 108 cm³/mol. The first-order valence-electron chi connectivity index (χ1n) is 9.21. The van der Waals surface area contributed by atoms with Crippen LogP contribution >= 0.6 is 12.2 Å². The van der Waals surface area contributed by atoms with Crippen LogP contribution in [0.2, 0.25) is 0 Å². The molecule has 0 aliphatic heterocycles. The summed E-state index contributed by atoms with van der Waals surface area (Å²) in [5, 5.41) is 18.0. The van der Waals surface area contributed by atoms with Gasteiger partial charge in [0.25, 0.3) is 0 Å². The summed E-state index contributed by atoms with van der Waals surface area (Å²) in [4.78, 5) is 34.8. The first kappa shape index (κ1) is 26.0. The minimum atomic E-state index is -1.04. The van der Waals surface area contributed by atoms with Crippen LogP contribution in [0.5, 0.6) is 0 Å². The van der Waals surface area contributed by atoms with Crippen molar-refractivity contribution in [3.8, 4) is 0 Å². The lowest BCUT2D eigenvalue weighted by Crippen LogP contribution is -2.41. The second-order valence-corrected chi connectivity index (χ2v) is 6.29. The lowest BCUT2D eigenvalue weighted by molar-refractivity contribution is -0.148. The van der Waals surface area contributed by atoms with Gasteiger partial charge in [-0.2, -0.15) is 0 Å². The van der Waals surface area contributed by atoms with Crippen LogP contribution in [0.15, 0.2) is 0 Å². The Labute approximate surface area is 171 Å². The Kier molecular flexibility index (Phi) is 14.9. The van der Waals surface area contributed by atoms with Gasteiger partial charge in [-0.1, -0.05) is 6.92 Å². The second-order valence-electron chi connectivity index (χ2n) is 5.88. The number of carboxylic acid groups (broad SMARTS) is 1. The SMILES string of the molecule is CCC(=O)NCCNC(=S)NCCOCCOCCC(=O)N(C)C(C)C(=O)O. The maximum Gasteiger partial charge on any atom is 0.326 e. The van der Waals surface area contributed by atoms with Crippen molar-refractivity contribution in [1.29, 1.82) is 0 Å². The zero-order valence-electron chi connectivity index (χ0n) is 16.8. The monoisotopic (exact) mass is 420 g/mol. The Morgan fingerprint density at radius 2 is 1.57 bits per heavy atom. The first-order valence-corrected chi connectivity index (χ1v) is 9.62. The van der Waals surface area contributed by atoms with Gasteiger partial charge in [-0.15, -0.1) is 0 Å². The van der Waals surface area contributed by atoms with Crippen molar-refractivity contribution >= 4 is 35.1 Å². The van der Waals surface area contributed by atoms with Gasteiger partial charge in [0, 0.05) is 33.1 Å². The number of likely N-dealkylation sites (N-methyl/N-ethyl adjacent to an activating group) is 1. The number of hydrogen-bond donors (Lipinski definition) is 4. The van der Waals surface area contributed by atoms with Gasteiger partial charge in [-0.25, -0.2) is 4.79 Å². The minimum Gasteiger partial charge on any atom is -0.480 e. The Hall–Kier alpha value is -1.98. The fourth-order valence-corrected chi connectivity index (χ4v) is 2.05. The Bertz CT molecular complexity index is 506. The van der Waals surface area contributed by atoms with E-state index in [9.17, 15) is 14.4 Å². The van der Waals surface area contributed by atoms with Crippen molar-refractivity contribution in [2.24, 2.45) is 0 Å². The topological polar surface area (TPSA) is 129 Å². The van der Waals surface area contributed by atoms with Crippen LogP contribution in [0.25, 0.3) is 0 Å². The molecule has 162 valence electrons. The van der Waals surface area contributed by atoms with Crippen molar-refractivity contribution < 1.29 is 29.0 Å². The van der Waals surface area contributed by atoms with Crippen molar-refractivity contribution in [2.45, 2.75) is 32.7 Å². The maximum atomic E-state index is 11.8. The van der Waals surface area contributed by atoms with E-state index < -0.39 is 12.0 Å². The molecule has 0 saturated carbocycles. The molecule has 2 amide bonds. The molecule has 4 N–H and O–H groups in total. The van der Waals surface area contributed by atoms with E-state index in [4.69, 9.17) is 26.8 Å².